The minimum absolute atomic E-state index is 0.839. The van der Waals surface area contributed by atoms with E-state index < -0.39 is 0 Å². The van der Waals surface area contributed by atoms with Gasteiger partial charge in [0.15, 0.2) is 0 Å². The van der Waals surface area contributed by atoms with Gasteiger partial charge in [-0.25, -0.2) is 9.97 Å². The van der Waals surface area contributed by atoms with Gasteiger partial charge in [-0.2, -0.15) is 0 Å². The van der Waals surface area contributed by atoms with Crippen LogP contribution in [-0.2, 0) is 0 Å². The van der Waals surface area contributed by atoms with Gasteiger partial charge >= 0.3 is 0 Å². The smallest absolute Gasteiger partial charge is 0.136 e. The molecule has 0 fully saturated rings. The maximum atomic E-state index is 4.10. The number of allylic oxidation sites excluding steroid dienone is 2. The van der Waals surface area contributed by atoms with Gasteiger partial charge < -0.3 is 5.32 Å². The monoisotopic (exact) mass is 219 g/mol. The molecule has 1 N–H and O–H groups in total. The molecule has 88 valence electrons. The molecule has 0 aliphatic carbocycles. The molecule has 1 rings (SSSR count). The molecule has 3 nitrogen and oxygen atoms in total. The summed E-state index contributed by atoms with van der Waals surface area (Å²) >= 11 is 0. The van der Waals surface area contributed by atoms with Gasteiger partial charge in [0.1, 0.15) is 12.1 Å². The Morgan fingerprint density at radius 3 is 2.50 bits per heavy atom. The molecule has 1 heterocycles. The highest BCUT2D eigenvalue weighted by Crippen LogP contribution is 2.15. The molecule has 0 aliphatic heterocycles. The van der Waals surface area contributed by atoms with Gasteiger partial charge in [-0.05, 0) is 13.0 Å². The van der Waals surface area contributed by atoms with E-state index in [4.69, 9.17) is 0 Å². The predicted molar refractivity (Wildman–Crippen MR) is 71.5 cm³/mol. The third kappa shape index (κ3) is 4.73. The van der Waals surface area contributed by atoms with E-state index in [0.29, 0.717) is 0 Å². The summed E-state index contributed by atoms with van der Waals surface area (Å²) in [6.45, 7) is 9.81. The number of hydrogen-bond donors (Lipinski definition) is 1. The molecular formula is C13H21N3. The predicted octanol–water partition coefficient (Wildman–Crippen LogP) is 3.44. The van der Waals surface area contributed by atoms with Gasteiger partial charge in [0, 0.05) is 12.6 Å². The molecule has 0 saturated heterocycles. The summed E-state index contributed by atoms with van der Waals surface area (Å²) in [5.74, 6) is 0.839. The molecule has 0 aromatic carbocycles. The van der Waals surface area contributed by atoms with Crippen molar-refractivity contribution in [3.63, 3.8) is 0 Å². The third-order valence-corrected chi connectivity index (χ3v) is 1.72. The number of rotatable bonds is 3. The second kappa shape index (κ2) is 8.65. The summed E-state index contributed by atoms with van der Waals surface area (Å²) in [5, 5.41) is 3.01. The van der Waals surface area contributed by atoms with Crippen molar-refractivity contribution in [3.05, 3.63) is 36.3 Å². The van der Waals surface area contributed by atoms with Crippen LogP contribution in [0.5, 0.6) is 0 Å². The Labute approximate surface area is 98.3 Å². The summed E-state index contributed by atoms with van der Waals surface area (Å²) in [6.07, 6.45) is 8.33. The van der Waals surface area contributed by atoms with E-state index in [1.165, 1.54) is 6.42 Å². The summed E-state index contributed by atoms with van der Waals surface area (Å²) in [7, 11) is 1.84. The second-order valence-electron chi connectivity index (χ2n) is 3.27. The fraction of sp³-hybridized carbons (Fsp3) is 0.385. The number of hydrogen-bond acceptors (Lipinski definition) is 3. The molecule has 0 unspecified atom stereocenters. The zero-order valence-electron chi connectivity index (χ0n) is 10.6. The Morgan fingerprint density at radius 1 is 1.38 bits per heavy atom. The normalized spacial score (nSPS) is 9.50. The van der Waals surface area contributed by atoms with Gasteiger partial charge in [-0.1, -0.05) is 39.0 Å². The van der Waals surface area contributed by atoms with Gasteiger partial charge in [0.05, 0.1) is 5.69 Å². The average molecular weight is 219 g/mol. The van der Waals surface area contributed by atoms with Crippen LogP contribution in [0.4, 0.5) is 5.82 Å². The van der Waals surface area contributed by atoms with Crippen molar-refractivity contribution in [3.8, 4) is 0 Å². The Bertz CT molecular complexity index is 343. The molecule has 0 spiro atoms. The Morgan fingerprint density at radius 2 is 2.00 bits per heavy atom. The van der Waals surface area contributed by atoms with Crippen LogP contribution in [0.15, 0.2) is 25.1 Å². The van der Waals surface area contributed by atoms with Gasteiger partial charge in [0.2, 0.25) is 0 Å². The molecule has 0 aliphatic rings. The summed E-state index contributed by atoms with van der Waals surface area (Å²) in [6, 6.07) is 0. The van der Waals surface area contributed by atoms with Crippen LogP contribution in [-0.4, -0.2) is 17.0 Å². The van der Waals surface area contributed by atoms with Gasteiger partial charge in [-0.3, -0.25) is 0 Å². The maximum Gasteiger partial charge on any atom is 0.136 e. The minimum atomic E-state index is 0.839. The molecule has 0 bridgehead atoms. The highest BCUT2D eigenvalue weighted by molar-refractivity contribution is 5.65. The van der Waals surface area contributed by atoms with E-state index in [0.717, 1.165) is 17.1 Å². The lowest BCUT2D eigenvalue weighted by Gasteiger charge is -2.05. The van der Waals surface area contributed by atoms with E-state index >= 15 is 0 Å². The van der Waals surface area contributed by atoms with Crippen molar-refractivity contribution >= 4 is 11.9 Å². The highest BCUT2D eigenvalue weighted by Gasteiger charge is 2.01. The Balaban J connectivity index is 0.000000673. The molecule has 0 radical (unpaired) electrons. The number of aryl methyl sites for hydroxylation is 1. The van der Waals surface area contributed by atoms with Crippen molar-refractivity contribution in [2.75, 3.05) is 12.4 Å². The van der Waals surface area contributed by atoms with Crippen LogP contribution in [0, 0.1) is 6.92 Å². The van der Waals surface area contributed by atoms with Crippen LogP contribution >= 0.6 is 0 Å². The largest absolute Gasteiger partial charge is 0.373 e. The fourth-order valence-corrected chi connectivity index (χ4v) is 1.05. The lowest BCUT2D eigenvalue weighted by Crippen LogP contribution is -1.98. The molecule has 1 aromatic heterocycles. The van der Waals surface area contributed by atoms with Crippen molar-refractivity contribution in [1.29, 1.82) is 0 Å². The summed E-state index contributed by atoms with van der Waals surface area (Å²) in [4.78, 5) is 8.21. The van der Waals surface area contributed by atoms with Crippen LogP contribution in [0.25, 0.3) is 6.08 Å². The van der Waals surface area contributed by atoms with Gasteiger partial charge in [0.25, 0.3) is 0 Å². The van der Waals surface area contributed by atoms with Crippen LogP contribution in [0.2, 0.25) is 0 Å². The number of nitrogens with zero attached hydrogens (tertiary/aromatic N) is 2. The zero-order chi connectivity index (χ0) is 12.4. The van der Waals surface area contributed by atoms with Crippen LogP contribution in [0.1, 0.15) is 31.5 Å². The first-order chi connectivity index (χ1) is 7.71. The minimum Gasteiger partial charge on any atom is -0.373 e. The van der Waals surface area contributed by atoms with E-state index in [-0.39, 0.29) is 0 Å². The summed E-state index contributed by atoms with van der Waals surface area (Å²) in [5.41, 5.74) is 1.96. The number of anilines is 1. The molecular weight excluding hydrogens is 198 g/mol. The van der Waals surface area contributed by atoms with Crippen molar-refractivity contribution in [2.45, 2.75) is 27.2 Å². The Hall–Kier alpha value is -1.64. The lowest BCUT2D eigenvalue weighted by molar-refractivity contribution is 1.09. The van der Waals surface area contributed by atoms with Gasteiger partial charge in [-0.15, -0.1) is 0 Å². The third-order valence-electron chi connectivity index (χ3n) is 1.72. The fourth-order valence-electron chi connectivity index (χ4n) is 1.05. The SMILES string of the molecule is C=C/C=C\c1c(C)ncnc1NC.CCC. The second-order valence-corrected chi connectivity index (χ2v) is 3.27. The highest BCUT2D eigenvalue weighted by atomic mass is 15.0. The molecule has 0 atom stereocenters. The molecule has 3 heteroatoms. The molecule has 16 heavy (non-hydrogen) atoms. The lowest BCUT2D eigenvalue weighted by atomic mass is 10.2. The van der Waals surface area contributed by atoms with Crippen molar-refractivity contribution in [1.82, 2.24) is 9.97 Å². The Kier molecular flexibility index (Phi) is 7.76. The number of aromatic nitrogens is 2. The number of nitrogens with one attached hydrogen (secondary N) is 1. The standard InChI is InChI=1S/C10H13N3.C3H8/c1-4-5-6-9-8(2)12-7-13-10(9)11-3;1-3-2/h4-7H,1H2,2-3H3,(H,11,12,13);3H2,1-2H3/b6-5-;. The first-order valence-electron chi connectivity index (χ1n) is 5.49. The molecule has 0 amide bonds. The van der Waals surface area contributed by atoms with Crippen molar-refractivity contribution < 1.29 is 0 Å². The zero-order valence-corrected chi connectivity index (χ0v) is 10.6. The van der Waals surface area contributed by atoms with E-state index in [1.54, 1.807) is 12.4 Å². The van der Waals surface area contributed by atoms with Crippen molar-refractivity contribution in [2.24, 2.45) is 0 Å². The van der Waals surface area contributed by atoms with E-state index in [1.807, 2.05) is 26.1 Å². The van der Waals surface area contributed by atoms with Crippen LogP contribution in [0.3, 0.4) is 0 Å². The average Bonchev–Trinajstić information content (AvgIpc) is 2.28. The topological polar surface area (TPSA) is 37.8 Å². The first kappa shape index (κ1) is 14.4. The summed E-state index contributed by atoms with van der Waals surface area (Å²) < 4.78 is 0. The quantitative estimate of drug-likeness (QED) is 0.791. The van der Waals surface area contributed by atoms with E-state index in [2.05, 4.69) is 35.7 Å². The molecule has 1 aromatic rings. The first-order valence-corrected chi connectivity index (χ1v) is 5.49. The van der Waals surface area contributed by atoms with Crippen LogP contribution < -0.4 is 5.32 Å². The maximum absolute atomic E-state index is 4.10. The molecule has 0 saturated carbocycles. The van der Waals surface area contributed by atoms with E-state index in [9.17, 15) is 0 Å².